The summed E-state index contributed by atoms with van der Waals surface area (Å²) in [6.07, 6.45) is 6.20. The van der Waals surface area contributed by atoms with Gasteiger partial charge in [0.2, 0.25) is 0 Å². The maximum atomic E-state index is 11.6. The molecule has 0 spiro atoms. The zero-order valence-electron chi connectivity index (χ0n) is 34.4. The van der Waals surface area contributed by atoms with Gasteiger partial charge in [0.1, 0.15) is 0 Å². The molecule has 0 bridgehead atoms. The Labute approximate surface area is 336 Å². The van der Waals surface area contributed by atoms with Gasteiger partial charge in [0, 0.05) is 16.8 Å². The highest BCUT2D eigenvalue weighted by Crippen LogP contribution is 2.45. The summed E-state index contributed by atoms with van der Waals surface area (Å²) in [6, 6.07) is 24.4. The fourth-order valence-corrected chi connectivity index (χ4v) is 7.53. The predicted molar refractivity (Wildman–Crippen MR) is 225 cm³/mol. The molecule has 304 valence electrons. The SMILES string of the molecule is CCc1cc(Cc2cc(C)c(NC(=O)OC)c(CC)c2)cc(C)c1NC(=O)OC.COC(=O)Nc1ccc(C2(c3ccc(NC(=O)OC)cc3)CCCCC2)cc1. The molecule has 4 aromatic carbocycles. The summed E-state index contributed by atoms with van der Waals surface area (Å²) < 4.78 is 18.8. The number of benzene rings is 4. The molecule has 57 heavy (non-hydrogen) atoms. The van der Waals surface area contributed by atoms with Crippen molar-refractivity contribution in [3.8, 4) is 0 Å². The van der Waals surface area contributed by atoms with Gasteiger partial charge >= 0.3 is 24.4 Å². The van der Waals surface area contributed by atoms with Crippen LogP contribution in [0.5, 0.6) is 0 Å². The zero-order chi connectivity index (χ0) is 41.5. The zero-order valence-corrected chi connectivity index (χ0v) is 34.4. The minimum atomic E-state index is -0.478. The minimum Gasteiger partial charge on any atom is -0.453 e. The number of rotatable bonds is 10. The average Bonchev–Trinajstić information content (AvgIpc) is 3.23. The lowest BCUT2D eigenvalue weighted by Gasteiger charge is -2.39. The number of methoxy groups -OCH3 is 4. The maximum absolute atomic E-state index is 11.6. The third-order valence-electron chi connectivity index (χ3n) is 10.4. The topological polar surface area (TPSA) is 153 Å². The Morgan fingerprint density at radius 3 is 1.21 bits per heavy atom. The van der Waals surface area contributed by atoms with Crippen molar-refractivity contribution in [1.29, 1.82) is 0 Å². The van der Waals surface area contributed by atoms with Gasteiger partial charge in [-0.15, -0.1) is 0 Å². The van der Waals surface area contributed by atoms with Gasteiger partial charge in [0.15, 0.2) is 0 Å². The minimum absolute atomic E-state index is 0.0637. The second-order valence-electron chi connectivity index (χ2n) is 14.0. The van der Waals surface area contributed by atoms with Crippen LogP contribution in [0.2, 0.25) is 0 Å². The predicted octanol–water partition coefficient (Wildman–Crippen LogP) is 10.7. The molecule has 0 unspecified atom stereocenters. The number of aryl methyl sites for hydroxylation is 4. The molecule has 5 rings (SSSR count). The van der Waals surface area contributed by atoms with Crippen molar-refractivity contribution in [3.63, 3.8) is 0 Å². The van der Waals surface area contributed by atoms with Crippen LogP contribution in [0.3, 0.4) is 0 Å². The highest BCUT2D eigenvalue weighted by atomic mass is 16.5. The molecule has 4 N–H and O–H groups in total. The fraction of sp³-hybridized carbons (Fsp3) is 0.378. The van der Waals surface area contributed by atoms with E-state index in [0.717, 1.165) is 65.7 Å². The Hall–Kier alpha value is -6.04. The van der Waals surface area contributed by atoms with Crippen molar-refractivity contribution in [2.75, 3.05) is 49.7 Å². The molecular formula is C45H56N4O8. The van der Waals surface area contributed by atoms with Crippen LogP contribution in [0.25, 0.3) is 0 Å². The standard InChI is InChI=1S/C23H30N2O4.C22H26N2O4/c1-7-18-12-16(9-14(3)20(18)24-22(26)28-5)11-17-10-15(4)21(19(8-2)13-17)25-23(27)29-6;1-27-20(25)23-18-10-6-16(7-11-18)22(14-4-3-5-15-22)17-8-12-19(13-9-17)24-21(26)28-2/h9-10,12-13H,7-8,11H2,1-6H3,(H,24,26)(H,25,27);6-13H,3-5,14-15H2,1-2H3,(H,23,25)(H,24,26). The number of amides is 4. The van der Waals surface area contributed by atoms with E-state index in [4.69, 9.17) is 9.47 Å². The van der Waals surface area contributed by atoms with Crippen molar-refractivity contribution in [2.45, 2.75) is 84.5 Å². The van der Waals surface area contributed by atoms with Crippen LogP contribution in [0.4, 0.5) is 41.9 Å². The molecule has 12 heteroatoms. The summed E-state index contributed by atoms with van der Waals surface area (Å²) in [6.45, 7) is 8.10. The van der Waals surface area contributed by atoms with Crippen LogP contribution in [0.15, 0.2) is 72.8 Å². The van der Waals surface area contributed by atoms with Crippen molar-refractivity contribution in [2.24, 2.45) is 0 Å². The first-order chi connectivity index (χ1) is 27.4. The van der Waals surface area contributed by atoms with Crippen molar-refractivity contribution in [3.05, 3.63) is 117 Å². The van der Waals surface area contributed by atoms with E-state index in [1.807, 2.05) is 38.1 Å². The van der Waals surface area contributed by atoms with Crippen LogP contribution in [-0.4, -0.2) is 52.8 Å². The molecule has 0 atom stereocenters. The quantitative estimate of drug-likeness (QED) is 0.116. The highest BCUT2D eigenvalue weighted by molar-refractivity contribution is 5.88. The van der Waals surface area contributed by atoms with Gasteiger partial charge in [-0.05, 0) is 115 Å². The molecule has 0 aliphatic heterocycles. The average molecular weight is 781 g/mol. The smallest absolute Gasteiger partial charge is 0.411 e. The number of carbonyl (C=O) groups is 4. The monoisotopic (exact) mass is 780 g/mol. The third kappa shape index (κ3) is 11.5. The van der Waals surface area contributed by atoms with E-state index in [-0.39, 0.29) is 5.41 Å². The first-order valence-corrected chi connectivity index (χ1v) is 19.3. The summed E-state index contributed by atoms with van der Waals surface area (Å²) in [7, 11) is 5.41. The van der Waals surface area contributed by atoms with E-state index in [2.05, 4.69) is 93.1 Å². The maximum Gasteiger partial charge on any atom is 0.411 e. The third-order valence-corrected chi connectivity index (χ3v) is 10.4. The lowest BCUT2D eigenvalue weighted by atomic mass is 9.65. The molecular weight excluding hydrogens is 725 g/mol. The van der Waals surface area contributed by atoms with Gasteiger partial charge < -0.3 is 18.9 Å². The van der Waals surface area contributed by atoms with Crippen molar-refractivity contribution >= 4 is 47.1 Å². The normalized spacial score (nSPS) is 12.8. The van der Waals surface area contributed by atoms with E-state index >= 15 is 0 Å². The summed E-state index contributed by atoms with van der Waals surface area (Å²) in [4.78, 5) is 46.1. The molecule has 1 saturated carbocycles. The second-order valence-corrected chi connectivity index (χ2v) is 14.0. The largest absolute Gasteiger partial charge is 0.453 e. The molecule has 4 amide bonds. The molecule has 0 aromatic heterocycles. The second kappa shape index (κ2) is 20.8. The summed E-state index contributed by atoms with van der Waals surface area (Å²) in [5.74, 6) is 0. The molecule has 0 radical (unpaired) electrons. The van der Waals surface area contributed by atoms with Gasteiger partial charge in [-0.25, -0.2) is 19.2 Å². The van der Waals surface area contributed by atoms with Crippen LogP contribution in [0, 0.1) is 13.8 Å². The first kappa shape index (κ1) is 43.7. The molecule has 1 aliphatic rings. The Bertz CT molecular complexity index is 1870. The lowest BCUT2D eigenvalue weighted by Crippen LogP contribution is -2.30. The first-order valence-electron chi connectivity index (χ1n) is 19.3. The fourth-order valence-electron chi connectivity index (χ4n) is 7.53. The lowest BCUT2D eigenvalue weighted by molar-refractivity contribution is 0.186. The Balaban J connectivity index is 0.000000253. The van der Waals surface area contributed by atoms with Gasteiger partial charge in [0.05, 0.1) is 39.8 Å². The van der Waals surface area contributed by atoms with Crippen molar-refractivity contribution < 1.29 is 38.1 Å². The Morgan fingerprint density at radius 1 is 0.526 bits per heavy atom. The summed E-state index contributed by atoms with van der Waals surface area (Å²) in [5.41, 5.74) is 11.9. The van der Waals surface area contributed by atoms with Crippen LogP contribution in [0.1, 0.15) is 90.5 Å². The highest BCUT2D eigenvalue weighted by Gasteiger charge is 2.35. The van der Waals surface area contributed by atoms with E-state index < -0.39 is 24.4 Å². The Morgan fingerprint density at radius 2 is 0.877 bits per heavy atom. The van der Waals surface area contributed by atoms with Gasteiger partial charge in [0.25, 0.3) is 0 Å². The van der Waals surface area contributed by atoms with E-state index in [9.17, 15) is 19.2 Å². The Kier molecular flexibility index (Phi) is 15.9. The van der Waals surface area contributed by atoms with Crippen LogP contribution >= 0.6 is 0 Å². The molecule has 4 aromatic rings. The van der Waals surface area contributed by atoms with Crippen LogP contribution in [-0.2, 0) is 43.6 Å². The van der Waals surface area contributed by atoms with E-state index in [0.29, 0.717) is 11.4 Å². The number of hydrogen-bond donors (Lipinski definition) is 4. The summed E-state index contributed by atoms with van der Waals surface area (Å²) in [5, 5.41) is 11.0. The molecule has 0 heterocycles. The number of ether oxygens (including phenoxy) is 4. The number of anilines is 4. The van der Waals surface area contributed by atoms with Gasteiger partial charge in [-0.2, -0.15) is 0 Å². The molecule has 1 fully saturated rings. The number of nitrogens with one attached hydrogen (secondary N) is 4. The molecule has 12 nitrogen and oxygen atoms in total. The van der Waals surface area contributed by atoms with Crippen LogP contribution < -0.4 is 21.3 Å². The molecule has 0 saturated heterocycles. The molecule has 1 aliphatic carbocycles. The summed E-state index contributed by atoms with van der Waals surface area (Å²) >= 11 is 0. The number of carbonyl (C=O) groups excluding carboxylic acids is 4. The number of hydrogen-bond acceptors (Lipinski definition) is 8. The van der Waals surface area contributed by atoms with E-state index in [1.165, 1.54) is 70.0 Å². The van der Waals surface area contributed by atoms with Gasteiger partial charge in [-0.3, -0.25) is 21.3 Å². The van der Waals surface area contributed by atoms with Crippen molar-refractivity contribution in [1.82, 2.24) is 0 Å². The van der Waals surface area contributed by atoms with E-state index in [1.54, 1.807) is 0 Å². The van der Waals surface area contributed by atoms with Gasteiger partial charge in [-0.1, -0.05) is 81.6 Å².